The molecule has 1 aliphatic heterocycles. The van der Waals surface area contributed by atoms with Gasteiger partial charge >= 0.3 is 0 Å². The van der Waals surface area contributed by atoms with E-state index in [1.807, 2.05) is 0 Å². The molecule has 0 aromatic rings. The van der Waals surface area contributed by atoms with Crippen LogP contribution in [0.3, 0.4) is 0 Å². The van der Waals surface area contributed by atoms with Gasteiger partial charge in [-0.25, -0.2) is 0 Å². The molecule has 3 heteroatoms. The number of piperidine rings is 1. The van der Waals surface area contributed by atoms with Crippen LogP contribution < -0.4 is 0 Å². The molecule has 2 unspecified atom stereocenters. The number of amides is 1. The molecule has 0 spiro atoms. The first kappa shape index (κ1) is 15.3. The highest BCUT2D eigenvalue weighted by Crippen LogP contribution is 2.40. The van der Waals surface area contributed by atoms with Crippen molar-refractivity contribution >= 4 is 5.91 Å². The fraction of sp³-hybridized carbons (Fsp3) is 0.944. The van der Waals surface area contributed by atoms with Crippen LogP contribution in [-0.4, -0.2) is 34.6 Å². The third-order valence-corrected chi connectivity index (χ3v) is 6.22. The first-order chi connectivity index (χ1) is 10.2. The average Bonchev–Trinajstić information content (AvgIpc) is 2.75. The van der Waals surface area contributed by atoms with E-state index >= 15 is 0 Å². The maximum atomic E-state index is 12.6. The van der Waals surface area contributed by atoms with Gasteiger partial charge in [0.2, 0.25) is 5.91 Å². The second kappa shape index (κ2) is 6.68. The van der Waals surface area contributed by atoms with Gasteiger partial charge in [0, 0.05) is 25.4 Å². The Morgan fingerprint density at radius 2 is 1.71 bits per heavy atom. The fourth-order valence-corrected chi connectivity index (χ4v) is 4.74. The van der Waals surface area contributed by atoms with Gasteiger partial charge in [-0.2, -0.15) is 0 Å². The molecule has 21 heavy (non-hydrogen) atoms. The Kier molecular flexibility index (Phi) is 4.88. The largest absolute Gasteiger partial charge is 0.389 e. The first-order valence-electron chi connectivity index (χ1n) is 9.17. The summed E-state index contributed by atoms with van der Waals surface area (Å²) < 4.78 is 0. The van der Waals surface area contributed by atoms with E-state index in [2.05, 4.69) is 4.90 Å². The summed E-state index contributed by atoms with van der Waals surface area (Å²) in [5.74, 6) is 1.31. The van der Waals surface area contributed by atoms with Crippen LogP contribution in [0.15, 0.2) is 0 Å². The van der Waals surface area contributed by atoms with Crippen LogP contribution >= 0.6 is 0 Å². The van der Waals surface area contributed by atoms with Gasteiger partial charge in [-0.3, -0.25) is 4.79 Å². The van der Waals surface area contributed by atoms with E-state index in [9.17, 15) is 9.90 Å². The second-order valence-corrected chi connectivity index (χ2v) is 7.70. The van der Waals surface area contributed by atoms with Gasteiger partial charge in [0.25, 0.3) is 0 Å². The Morgan fingerprint density at radius 3 is 2.48 bits per heavy atom. The molecule has 3 aliphatic rings. The summed E-state index contributed by atoms with van der Waals surface area (Å²) in [7, 11) is 0. The lowest BCUT2D eigenvalue weighted by molar-refractivity contribution is -0.144. The highest BCUT2D eigenvalue weighted by Gasteiger charge is 2.43. The maximum absolute atomic E-state index is 12.6. The van der Waals surface area contributed by atoms with E-state index in [4.69, 9.17) is 0 Å². The van der Waals surface area contributed by atoms with E-state index in [-0.39, 0.29) is 0 Å². The van der Waals surface area contributed by atoms with E-state index in [0.717, 1.165) is 45.2 Å². The number of fused-ring (bicyclic) bond motifs is 1. The molecule has 3 nitrogen and oxygen atoms in total. The van der Waals surface area contributed by atoms with Gasteiger partial charge in [-0.15, -0.1) is 0 Å². The lowest BCUT2D eigenvalue weighted by Crippen LogP contribution is -2.54. The quantitative estimate of drug-likeness (QED) is 0.792. The fourth-order valence-electron chi connectivity index (χ4n) is 4.74. The third-order valence-electron chi connectivity index (χ3n) is 6.22. The lowest BCUT2D eigenvalue weighted by Gasteiger charge is -2.47. The molecule has 0 radical (unpaired) electrons. The number of carbonyl (C=O) groups is 1. The Morgan fingerprint density at radius 1 is 1.00 bits per heavy atom. The van der Waals surface area contributed by atoms with E-state index in [0.29, 0.717) is 17.7 Å². The molecular weight excluding hydrogens is 262 g/mol. The minimum absolute atomic E-state index is 0.332. The molecule has 1 amide bonds. The van der Waals surface area contributed by atoms with Crippen LogP contribution in [0.4, 0.5) is 0 Å². The standard InChI is InChI=1S/C18H31NO2/c20-17(13-15-7-3-1-2-4-8-15)19-12-11-18(21)10-6-5-9-16(18)14-19/h15-16,21H,1-14H2. The smallest absolute Gasteiger partial charge is 0.222 e. The first-order valence-corrected chi connectivity index (χ1v) is 9.17. The van der Waals surface area contributed by atoms with Gasteiger partial charge in [-0.1, -0.05) is 38.5 Å². The molecule has 1 N–H and O–H groups in total. The van der Waals surface area contributed by atoms with Gasteiger partial charge in [0.1, 0.15) is 0 Å². The van der Waals surface area contributed by atoms with Crippen LogP contribution in [0.1, 0.15) is 77.0 Å². The monoisotopic (exact) mass is 293 g/mol. The Hall–Kier alpha value is -0.570. The van der Waals surface area contributed by atoms with Crippen molar-refractivity contribution in [3.05, 3.63) is 0 Å². The third kappa shape index (κ3) is 3.61. The van der Waals surface area contributed by atoms with Gasteiger partial charge in [-0.05, 0) is 38.0 Å². The van der Waals surface area contributed by atoms with Crippen molar-refractivity contribution in [3.8, 4) is 0 Å². The zero-order chi connectivity index (χ0) is 14.7. The number of carbonyl (C=O) groups excluding carboxylic acids is 1. The highest BCUT2D eigenvalue weighted by molar-refractivity contribution is 5.76. The molecule has 0 aromatic carbocycles. The maximum Gasteiger partial charge on any atom is 0.222 e. The second-order valence-electron chi connectivity index (χ2n) is 7.70. The molecule has 0 aromatic heterocycles. The number of likely N-dealkylation sites (tertiary alicyclic amines) is 1. The molecule has 3 rings (SSSR count). The molecule has 2 saturated carbocycles. The molecule has 2 atom stereocenters. The summed E-state index contributed by atoms with van der Waals surface area (Å²) in [6.45, 7) is 1.58. The average molecular weight is 293 g/mol. The van der Waals surface area contributed by atoms with Crippen molar-refractivity contribution in [1.82, 2.24) is 4.90 Å². The zero-order valence-corrected chi connectivity index (χ0v) is 13.4. The predicted octanol–water partition coefficient (Wildman–Crippen LogP) is 3.50. The highest BCUT2D eigenvalue weighted by atomic mass is 16.3. The van der Waals surface area contributed by atoms with E-state index in [1.165, 1.54) is 44.9 Å². The van der Waals surface area contributed by atoms with E-state index < -0.39 is 5.60 Å². The molecule has 3 fully saturated rings. The SMILES string of the molecule is O=C(CC1CCCCCC1)N1CCC2(O)CCCCC2C1. The number of aliphatic hydroxyl groups is 1. The van der Waals surface area contributed by atoms with Crippen LogP contribution in [-0.2, 0) is 4.79 Å². The number of hydrogen-bond acceptors (Lipinski definition) is 2. The summed E-state index contributed by atoms with van der Waals surface area (Å²) in [6, 6.07) is 0. The molecule has 1 saturated heterocycles. The van der Waals surface area contributed by atoms with Crippen molar-refractivity contribution < 1.29 is 9.90 Å². The van der Waals surface area contributed by atoms with Crippen molar-refractivity contribution in [2.75, 3.05) is 13.1 Å². The normalized spacial score (nSPS) is 35.1. The summed E-state index contributed by atoms with van der Waals surface area (Å²) in [5, 5.41) is 10.7. The van der Waals surface area contributed by atoms with Crippen molar-refractivity contribution in [3.63, 3.8) is 0 Å². The minimum Gasteiger partial charge on any atom is -0.389 e. The summed E-state index contributed by atoms with van der Waals surface area (Å²) >= 11 is 0. The number of rotatable bonds is 2. The van der Waals surface area contributed by atoms with E-state index in [1.54, 1.807) is 0 Å². The van der Waals surface area contributed by atoms with Gasteiger partial charge in [0.05, 0.1) is 5.60 Å². The van der Waals surface area contributed by atoms with Crippen LogP contribution in [0.5, 0.6) is 0 Å². The van der Waals surface area contributed by atoms with Crippen LogP contribution in [0.2, 0.25) is 0 Å². The molecule has 2 aliphatic carbocycles. The molecule has 0 bridgehead atoms. The topological polar surface area (TPSA) is 40.5 Å². The predicted molar refractivity (Wildman–Crippen MR) is 83.9 cm³/mol. The minimum atomic E-state index is -0.461. The summed E-state index contributed by atoms with van der Waals surface area (Å²) in [6.07, 6.45) is 13.8. The Labute approximate surface area is 129 Å². The van der Waals surface area contributed by atoms with Gasteiger partial charge in [0.15, 0.2) is 0 Å². The van der Waals surface area contributed by atoms with Crippen molar-refractivity contribution in [2.24, 2.45) is 11.8 Å². The molecule has 1 heterocycles. The Bertz CT molecular complexity index is 362. The Balaban J connectivity index is 1.53. The summed E-state index contributed by atoms with van der Waals surface area (Å²) in [5.41, 5.74) is -0.461. The molecular formula is C18H31NO2. The van der Waals surface area contributed by atoms with Crippen LogP contribution in [0, 0.1) is 11.8 Å². The van der Waals surface area contributed by atoms with Gasteiger partial charge < -0.3 is 10.0 Å². The zero-order valence-electron chi connectivity index (χ0n) is 13.4. The van der Waals surface area contributed by atoms with Crippen LogP contribution in [0.25, 0.3) is 0 Å². The van der Waals surface area contributed by atoms with Crippen molar-refractivity contribution in [2.45, 2.75) is 82.7 Å². The molecule has 120 valence electrons. The summed E-state index contributed by atoms with van der Waals surface area (Å²) in [4.78, 5) is 14.7. The number of nitrogens with zero attached hydrogens (tertiary/aromatic N) is 1. The van der Waals surface area contributed by atoms with Crippen molar-refractivity contribution in [1.29, 1.82) is 0 Å². The lowest BCUT2D eigenvalue weighted by atomic mass is 9.71. The number of hydrogen-bond donors (Lipinski definition) is 1.